The zero-order chi connectivity index (χ0) is 14.0. The molecule has 4 nitrogen and oxygen atoms in total. The summed E-state index contributed by atoms with van der Waals surface area (Å²) in [5.74, 6) is -1.20. The van der Waals surface area contributed by atoms with Crippen LogP contribution < -0.4 is 16.8 Å². The van der Waals surface area contributed by atoms with E-state index < -0.39 is 11.7 Å². The number of halogens is 2. The Bertz CT molecular complexity index is 629. The highest BCUT2D eigenvalue weighted by Crippen LogP contribution is 2.26. The molecule has 1 aromatic carbocycles. The third kappa shape index (κ3) is 3.05. The van der Waals surface area contributed by atoms with Crippen LogP contribution in [0.5, 0.6) is 0 Å². The minimum Gasteiger partial charge on any atom is -0.398 e. The number of anilines is 2. The number of primary amides is 1. The van der Waals surface area contributed by atoms with Crippen molar-refractivity contribution < 1.29 is 9.18 Å². The molecule has 1 amide bonds. The van der Waals surface area contributed by atoms with Crippen molar-refractivity contribution in [3.05, 3.63) is 44.3 Å². The number of rotatable bonds is 4. The average Bonchev–Trinajstić information content (AvgIpc) is 2.73. The van der Waals surface area contributed by atoms with E-state index in [1.54, 1.807) is 11.3 Å². The van der Waals surface area contributed by atoms with Crippen molar-refractivity contribution in [1.82, 2.24) is 0 Å². The lowest BCUT2D eigenvalue weighted by Gasteiger charge is -2.10. The number of hydrogen-bond acceptors (Lipinski definition) is 4. The van der Waals surface area contributed by atoms with E-state index in [-0.39, 0.29) is 16.9 Å². The third-order valence-electron chi connectivity index (χ3n) is 2.54. The van der Waals surface area contributed by atoms with Crippen LogP contribution in [0.15, 0.2) is 28.1 Å². The summed E-state index contributed by atoms with van der Waals surface area (Å²) >= 11 is 4.93. The molecular weight excluding hydrogens is 333 g/mol. The molecule has 0 bridgehead atoms. The summed E-state index contributed by atoms with van der Waals surface area (Å²) < 4.78 is 14.7. The van der Waals surface area contributed by atoms with Gasteiger partial charge in [0, 0.05) is 15.0 Å². The fraction of sp³-hybridized carbons (Fsp3) is 0.0833. The first-order valence-corrected chi connectivity index (χ1v) is 7.01. The van der Waals surface area contributed by atoms with Gasteiger partial charge in [-0.05, 0) is 39.5 Å². The number of thiophene rings is 1. The predicted molar refractivity (Wildman–Crippen MR) is 78.7 cm³/mol. The average molecular weight is 344 g/mol. The number of carbonyl (C=O) groups is 1. The largest absolute Gasteiger partial charge is 0.398 e. The molecule has 100 valence electrons. The van der Waals surface area contributed by atoms with Crippen molar-refractivity contribution in [3.63, 3.8) is 0 Å². The molecule has 0 unspecified atom stereocenters. The first-order chi connectivity index (χ1) is 8.99. The molecular formula is C12H11BrFN3OS. The lowest BCUT2D eigenvalue weighted by atomic mass is 10.1. The molecule has 7 heteroatoms. The van der Waals surface area contributed by atoms with Gasteiger partial charge in [-0.15, -0.1) is 11.3 Å². The maximum absolute atomic E-state index is 13.7. The van der Waals surface area contributed by atoms with Crippen LogP contribution in [-0.4, -0.2) is 5.91 Å². The van der Waals surface area contributed by atoms with Crippen LogP contribution in [0.3, 0.4) is 0 Å². The van der Waals surface area contributed by atoms with E-state index in [1.165, 1.54) is 6.07 Å². The Hall–Kier alpha value is -1.60. The molecule has 1 aromatic heterocycles. The van der Waals surface area contributed by atoms with Crippen LogP contribution in [0, 0.1) is 5.82 Å². The van der Waals surface area contributed by atoms with Gasteiger partial charge in [-0.3, -0.25) is 4.79 Å². The summed E-state index contributed by atoms with van der Waals surface area (Å²) in [6, 6.07) is 4.33. The Morgan fingerprint density at radius 2 is 2.21 bits per heavy atom. The molecule has 0 radical (unpaired) electrons. The first kappa shape index (κ1) is 13.8. The van der Waals surface area contributed by atoms with E-state index in [0.29, 0.717) is 6.54 Å². The van der Waals surface area contributed by atoms with Crippen molar-refractivity contribution in [2.45, 2.75) is 6.54 Å². The summed E-state index contributed by atoms with van der Waals surface area (Å²) in [5.41, 5.74) is 11.0. The maximum Gasteiger partial charge on any atom is 0.250 e. The second kappa shape index (κ2) is 5.58. The second-order valence-corrected chi connectivity index (χ2v) is 5.68. The Morgan fingerprint density at radius 3 is 2.79 bits per heavy atom. The van der Waals surface area contributed by atoms with Crippen molar-refractivity contribution in [2.24, 2.45) is 5.73 Å². The Labute approximate surface area is 121 Å². The molecule has 0 aliphatic carbocycles. The molecule has 0 aliphatic heterocycles. The van der Waals surface area contributed by atoms with Gasteiger partial charge in [-0.25, -0.2) is 4.39 Å². The van der Waals surface area contributed by atoms with Crippen LogP contribution in [0.2, 0.25) is 0 Å². The number of hydrogen-bond donors (Lipinski definition) is 3. The van der Waals surface area contributed by atoms with Crippen molar-refractivity contribution in [3.8, 4) is 0 Å². The Morgan fingerprint density at radius 1 is 1.47 bits per heavy atom. The van der Waals surface area contributed by atoms with Crippen LogP contribution >= 0.6 is 27.3 Å². The quantitative estimate of drug-likeness (QED) is 0.746. The molecule has 0 saturated carbocycles. The fourth-order valence-electron chi connectivity index (χ4n) is 1.56. The summed E-state index contributed by atoms with van der Waals surface area (Å²) in [4.78, 5) is 12.2. The van der Waals surface area contributed by atoms with Crippen LogP contribution in [0.4, 0.5) is 15.8 Å². The lowest BCUT2D eigenvalue weighted by molar-refractivity contribution is 0.100. The maximum atomic E-state index is 13.7. The summed E-state index contributed by atoms with van der Waals surface area (Å²) in [6.45, 7) is 0.442. The fourth-order valence-corrected chi connectivity index (χ4v) is 3.00. The van der Waals surface area contributed by atoms with Crippen molar-refractivity contribution >= 4 is 44.5 Å². The second-order valence-electron chi connectivity index (χ2n) is 3.83. The number of carbonyl (C=O) groups excluding carboxylic acids is 1. The smallest absolute Gasteiger partial charge is 0.250 e. The summed E-state index contributed by atoms with van der Waals surface area (Å²) in [5, 5.41) is 4.85. The lowest BCUT2D eigenvalue weighted by Crippen LogP contribution is -2.14. The number of nitrogens with two attached hydrogens (primary N) is 2. The van der Waals surface area contributed by atoms with Crippen molar-refractivity contribution in [2.75, 3.05) is 11.1 Å². The molecule has 19 heavy (non-hydrogen) atoms. The molecule has 0 aliphatic rings. The third-order valence-corrected chi connectivity index (χ3v) is 4.46. The monoisotopic (exact) mass is 343 g/mol. The summed E-state index contributed by atoms with van der Waals surface area (Å²) in [6.07, 6.45) is 0. The normalized spacial score (nSPS) is 10.4. The van der Waals surface area contributed by atoms with Gasteiger partial charge in [0.2, 0.25) is 0 Å². The van der Waals surface area contributed by atoms with E-state index in [1.807, 2.05) is 11.4 Å². The predicted octanol–water partition coefficient (Wildman–Crippen LogP) is 2.94. The zero-order valence-electron chi connectivity index (χ0n) is 9.74. The number of nitrogens with one attached hydrogen (secondary N) is 1. The van der Waals surface area contributed by atoms with E-state index in [2.05, 4.69) is 21.2 Å². The SMILES string of the molecule is NC(=O)c1cc(NCc2sccc2Br)c(F)cc1N. The molecule has 0 atom stereocenters. The Kier molecular flexibility index (Phi) is 4.06. The topological polar surface area (TPSA) is 81.1 Å². The van der Waals surface area contributed by atoms with Crippen molar-refractivity contribution in [1.29, 1.82) is 0 Å². The van der Waals surface area contributed by atoms with Gasteiger partial charge in [0.1, 0.15) is 5.82 Å². The number of benzene rings is 1. The minimum absolute atomic E-state index is 0.0351. The van der Waals surface area contributed by atoms with Gasteiger partial charge in [0.25, 0.3) is 5.91 Å². The van der Waals surface area contributed by atoms with E-state index >= 15 is 0 Å². The van der Waals surface area contributed by atoms with Crippen LogP contribution in [0.1, 0.15) is 15.2 Å². The van der Waals surface area contributed by atoms with Gasteiger partial charge in [0.05, 0.1) is 17.8 Å². The summed E-state index contributed by atoms with van der Waals surface area (Å²) in [7, 11) is 0. The highest BCUT2D eigenvalue weighted by Gasteiger charge is 2.12. The van der Waals surface area contributed by atoms with Crippen LogP contribution in [-0.2, 0) is 6.54 Å². The van der Waals surface area contributed by atoms with Gasteiger partial charge >= 0.3 is 0 Å². The first-order valence-electron chi connectivity index (χ1n) is 5.33. The highest BCUT2D eigenvalue weighted by molar-refractivity contribution is 9.10. The molecule has 2 rings (SSSR count). The van der Waals surface area contributed by atoms with E-state index in [0.717, 1.165) is 15.4 Å². The van der Waals surface area contributed by atoms with Gasteiger partial charge < -0.3 is 16.8 Å². The van der Waals surface area contributed by atoms with E-state index in [4.69, 9.17) is 11.5 Å². The van der Waals surface area contributed by atoms with E-state index in [9.17, 15) is 9.18 Å². The van der Waals surface area contributed by atoms with Crippen LogP contribution in [0.25, 0.3) is 0 Å². The molecule has 0 saturated heterocycles. The van der Waals surface area contributed by atoms with Gasteiger partial charge in [0.15, 0.2) is 0 Å². The standard InChI is InChI=1S/C12H11BrFN3OS/c13-7-1-2-19-11(7)5-17-10-3-6(12(16)18)9(15)4-8(10)14/h1-4,17H,5,15H2,(H2,16,18). The highest BCUT2D eigenvalue weighted by atomic mass is 79.9. The number of amides is 1. The Balaban J connectivity index is 2.23. The molecule has 5 N–H and O–H groups in total. The molecule has 0 spiro atoms. The zero-order valence-corrected chi connectivity index (χ0v) is 12.1. The van der Waals surface area contributed by atoms with Gasteiger partial charge in [-0.2, -0.15) is 0 Å². The minimum atomic E-state index is -0.683. The number of nitrogen functional groups attached to an aromatic ring is 1. The molecule has 2 aromatic rings. The van der Waals surface area contributed by atoms with Gasteiger partial charge in [-0.1, -0.05) is 0 Å². The molecule has 0 fully saturated rings. The molecule has 1 heterocycles.